The summed E-state index contributed by atoms with van der Waals surface area (Å²) in [7, 11) is 0. The van der Waals surface area contributed by atoms with Gasteiger partial charge in [-0.1, -0.05) is 35.9 Å². The smallest absolute Gasteiger partial charge is 0.0642 e. The summed E-state index contributed by atoms with van der Waals surface area (Å²) in [5.74, 6) is 0. The molecule has 1 aromatic rings. The Morgan fingerprint density at radius 2 is 2.17 bits per heavy atom. The number of benzene rings is 1. The fourth-order valence-corrected chi connectivity index (χ4v) is 1.09. The molecule has 0 aliphatic heterocycles. The summed E-state index contributed by atoms with van der Waals surface area (Å²) in [4.78, 5) is 0. The molecule has 1 aromatic carbocycles. The summed E-state index contributed by atoms with van der Waals surface area (Å²) in [5.41, 5.74) is 1.86. The first-order chi connectivity index (χ1) is 5.74. The number of hydrogen-bond acceptors (Lipinski definition) is 1. The summed E-state index contributed by atoms with van der Waals surface area (Å²) in [6, 6.07) is 7.55. The first-order valence-electron chi connectivity index (χ1n) is 3.76. The molecule has 0 atom stereocenters. The largest absolute Gasteiger partial charge is 0.392 e. The van der Waals surface area contributed by atoms with E-state index in [-0.39, 0.29) is 6.61 Å². The van der Waals surface area contributed by atoms with Crippen LogP contribution in [0.5, 0.6) is 0 Å². The zero-order chi connectivity index (χ0) is 8.97. The van der Waals surface area contributed by atoms with E-state index in [4.69, 9.17) is 16.7 Å². The highest BCUT2D eigenvalue weighted by Gasteiger charge is 1.94. The van der Waals surface area contributed by atoms with Crippen LogP contribution in [0.3, 0.4) is 0 Å². The molecule has 1 rings (SSSR count). The SMILES string of the molecule is CC(=Cc1ccccc1Cl)CO. The Labute approximate surface area is 77.3 Å². The van der Waals surface area contributed by atoms with Crippen molar-refractivity contribution in [1.29, 1.82) is 0 Å². The average Bonchev–Trinajstić information content (AvgIpc) is 2.09. The minimum Gasteiger partial charge on any atom is -0.392 e. The van der Waals surface area contributed by atoms with E-state index in [0.29, 0.717) is 5.02 Å². The molecule has 0 aliphatic rings. The first-order valence-corrected chi connectivity index (χ1v) is 4.14. The molecule has 0 spiro atoms. The van der Waals surface area contributed by atoms with Gasteiger partial charge < -0.3 is 5.11 Å². The number of aliphatic hydroxyl groups is 1. The Hall–Kier alpha value is -0.790. The molecule has 0 aliphatic carbocycles. The lowest BCUT2D eigenvalue weighted by Crippen LogP contribution is -1.83. The van der Waals surface area contributed by atoms with Gasteiger partial charge in [0.05, 0.1) is 6.61 Å². The van der Waals surface area contributed by atoms with Gasteiger partial charge in [0.1, 0.15) is 0 Å². The summed E-state index contributed by atoms with van der Waals surface area (Å²) in [6.07, 6.45) is 1.88. The van der Waals surface area contributed by atoms with Gasteiger partial charge in [0.15, 0.2) is 0 Å². The van der Waals surface area contributed by atoms with Crippen LogP contribution in [-0.2, 0) is 0 Å². The molecule has 0 amide bonds. The summed E-state index contributed by atoms with van der Waals surface area (Å²) < 4.78 is 0. The lowest BCUT2D eigenvalue weighted by atomic mass is 10.1. The van der Waals surface area contributed by atoms with Crippen LogP contribution in [0.25, 0.3) is 6.08 Å². The molecule has 64 valence electrons. The number of hydrogen-bond donors (Lipinski definition) is 1. The van der Waals surface area contributed by atoms with Crippen LogP contribution in [0.1, 0.15) is 12.5 Å². The van der Waals surface area contributed by atoms with E-state index in [1.165, 1.54) is 0 Å². The maximum Gasteiger partial charge on any atom is 0.0642 e. The van der Waals surface area contributed by atoms with Crippen molar-refractivity contribution in [2.45, 2.75) is 6.92 Å². The van der Waals surface area contributed by atoms with Crippen LogP contribution in [0, 0.1) is 0 Å². The summed E-state index contributed by atoms with van der Waals surface area (Å²) >= 11 is 5.90. The van der Waals surface area contributed by atoms with Gasteiger partial charge in [-0.15, -0.1) is 0 Å². The fraction of sp³-hybridized carbons (Fsp3) is 0.200. The summed E-state index contributed by atoms with van der Waals surface area (Å²) in [5, 5.41) is 9.49. The number of halogens is 1. The highest BCUT2D eigenvalue weighted by molar-refractivity contribution is 6.32. The van der Waals surface area contributed by atoms with E-state index in [9.17, 15) is 0 Å². The van der Waals surface area contributed by atoms with Crippen LogP contribution in [0.2, 0.25) is 5.02 Å². The predicted molar refractivity (Wildman–Crippen MR) is 52.2 cm³/mol. The van der Waals surface area contributed by atoms with E-state index >= 15 is 0 Å². The molecule has 12 heavy (non-hydrogen) atoms. The molecule has 0 heterocycles. The number of aliphatic hydroxyl groups excluding tert-OH is 1. The first kappa shape index (κ1) is 9.30. The van der Waals surface area contributed by atoms with Crippen LogP contribution in [0.4, 0.5) is 0 Å². The maximum atomic E-state index is 8.78. The van der Waals surface area contributed by atoms with Gasteiger partial charge >= 0.3 is 0 Å². The molecule has 1 N–H and O–H groups in total. The molecule has 2 heteroatoms. The van der Waals surface area contributed by atoms with Crippen molar-refractivity contribution < 1.29 is 5.11 Å². The quantitative estimate of drug-likeness (QED) is 0.746. The van der Waals surface area contributed by atoms with Crippen molar-refractivity contribution in [2.24, 2.45) is 0 Å². The van der Waals surface area contributed by atoms with Crippen molar-refractivity contribution in [3.8, 4) is 0 Å². The zero-order valence-electron chi connectivity index (χ0n) is 6.92. The third-order valence-corrected chi connectivity index (χ3v) is 1.90. The van der Waals surface area contributed by atoms with Crippen molar-refractivity contribution >= 4 is 17.7 Å². The lowest BCUT2D eigenvalue weighted by molar-refractivity contribution is 0.332. The summed E-state index contributed by atoms with van der Waals surface area (Å²) in [6.45, 7) is 1.94. The van der Waals surface area contributed by atoms with Crippen molar-refractivity contribution in [1.82, 2.24) is 0 Å². The Kier molecular flexibility index (Phi) is 3.32. The molecule has 0 aromatic heterocycles. The van der Waals surface area contributed by atoms with Crippen LogP contribution >= 0.6 is 11.6 Å². The highest BCUT2D eigenvalue weighted by Crippen LogP contribution is 2.17. The highest BCUT2D eigenvalue weighted by atomic mass is 35.5. The van der Waals surface area contributed by atoms with Gasteiger partial charge in [-0.3, -0.25) is 0 Å². The van der Waals surface area contributed by atoms with Gasteiger partial charge in [0.2, 0.25) is 0 Å². The standard InChI is InChI=1S/C10H11ClO/c1-8(7-12)6-9-4-2-3-5-10(9)11/h2-6,12H,7H2,1H3. The Morgan fingerprint density at radius 3 is 2.75 bits per heavy atom. The fourth-order valence-electron chi connectivity index (χ4n) is 0.903. The molecule has 0 radical (unpaired) electrons. The van der Waals surface area contributed by atoms with Crippen LogP contribution in [-0.4, -0.2) is 11.7 Å². The molecular formula is C10H11ClO. The van der Waals surface area contributed by atoms with E-state index in [1.807, 2.05) is 37.3 Å². The van der Waals surface area contributed by atoms with Crippen LogP contribution < -0.4 is 0 Å². The molecule has 0 saturated carbocycles. The monoisotopic (exact) mass is 182 g/mol. The Balaban J connectivity index is 2.96. The van der Waals surface area contributed by atoms with Gasteiger partial charge in [0.25, 0.3) is 0 Å². The Morgan fingerprint density at radius 1 is 1.50 bits per heavy atom. The van der Waals surface area contributed by atoms with E-state index in [0.717, 1.165) is 11.1 Å². The second-order valence-electron chi connectivity index (χ2n) is 2.67. The van der Waals surface area contributed by atoms with Gasteiger partial charge in [-0.25, -0.2) is 0 Å². The number of rotatable bonds is 2. The van der Waals surface area contributed by atoms with Gasteiger partial charge in [0, 0.05) is 5.02 Å². The van der Waals surface area contributed by atoms with E-state index in [2.05, 4.69) is 0 Å². The van der Waals surface area contributed by atoms with Gasteiger partial charge in [-0.2, -0.15) is 0 Å². The molecular weight excluding hydrogens is 172 g/mol. The average molecular weight is 183 g/mol. The molecule has 1 nitrogen and oxygen atoms in total. The van der Waals surface area contributed by atoms with Crippen molar-refractivity contribution in [2.75, 3.05) is 6.61 Å². The molecule has 0 bridgehead atoms. The van der Waals surface area contributed by atoms with Crippen molar-refractivity contribution in [3.05, 3.63) is 40.4 Å². The molecule has 0 unspecified atom stereocenters. The third-order valence-electron chi connectivity index (χ3n) is 1.56. The minimum absolute atomic E-state index is 0.0746. The van der Waals surface area contributed by atoms with E-state index in [1.54, 1.807) is 0 Å². The second-order valence-corrected chi connectivity index (χ2v) is 3.08. The lowest BCUT2D eigenvalue weighted by Gasteiger charge is -1.98. The maximum absolute atomic E-state index is 8.78. The molecule has 0 fully saturated rings. The van der Waals surface area contributed by atoms with Gasteiger partial charge in [-0.05, 0) is 24.1 Å². The predicted octanol–water partition coefficient (Wildman–Crippen LogP) is 2.74. The van der Waals surface area contributed by atoms with Crippen molar-refractivity contribution in [3.63, 3.8) is 0 Å². The third kappa shape index (κ3) is 2.36. The van der Waals surface area contributed by atoms with Crippen LogP contribution in [0.15, 0.2) is 29.8 Å². The zero-order valence-corrected chi connectivity index (χ0v) is 7.67. The minimum atomic E-state index is 0.0746. The molecule has 0 saturated heterocycles. The topological polar surface area (TPSA) is 20.2 Å². The normalized spacial score (nSPS) is 11.8. The van der Waals surface area contributed by atoms with E-state index < -0.39 is 0 Å². The Bertz CT molecular complexity index is 292. The second kappa shape index (κ2) is 4.29.